The summed E-state index contributed by atoms with van der Waals surface area (Å²) in [6.07, 6.45) is 1.58. The van der Waals surface area contributed by atoms with Crippen molar-refractivity contribution in [1.29, 1.82) is 0 Å². The first-order valence-electron chi connectivity index (χ1n) is 8.24. The minimum atomic E-state index is -5.80. The van der Waals surface area contributed by atoms with Crippen LogP contribution in [-0.4, -0.2) is 19.6 Å². The average molecular weight is 414 g/mol. The van der Waals surface area contributed by atoms with Crippen LogP contribution in [0.5, 0.6) is 5.75 Å². The van der Waals surface area contributed by atoms with E-state index in [1.165, 1.54) is 12.1 Å². The van der Waals surface area contributed by atoms with Gasteiger partial charge >= 0.3 is 15.6 Å². The Morgan fingerprint density at radius 1 is 1.07 bits per heavy atom. The first-order chi connectivity index (χ1) is 12.7. The number of halogens is 3. The number of benzene rings is 2. The Morgan fingerprint density at radius 3 is 2.48 bits per heavy atom. The van der Waals surface area contributed by atoms with Gasteiger partial charge in [-0.05, 0) is 42.0 Å². The van der Waals surface area contributed by atoms with Crippen LogP contribution in [-0.2, 0) is 32.9 Å². The van der Waals surface area contributed by atoms with E-state index < -0.39 is 26.7 Å². The Bertz CT molecular complexity index is 1040. The van der Waals surface area contributed by atoms with Gasteiger partial charge < -0.3 is 4.18 Å². The molecule has 2 aromatic rings. The molecular formula is C18H14F3O4PS. The van der Waals surface area contributed by atoms with Gasteiger partial charge in [-0.1, -0.05) is 36.4 Å². The van der Waals surface area contributed by atoms with E-state index in [0.29, 0.717) is 24.8 Å². The highest BCUT2D eigenvalue weighted by atomic mass is 32.2. The van der Waals surface area contributed by atoms with Crippen LogP contribution in [0.15, 0.2) is 42.5 Å². The molecule has 2 aromatic carbocycles. The summed E-state index contributed by atoms with van der Waals surface area (Å²) in [4.78, 5) is 0. The third kappa shape index (κ3) is 2.61. The van der Waals surface area contributed by atoms with Gasteiger partial charge in [-0.2, -0.15) is 21.6 Å². The van der Waals surface area contributed by atoms with Crippen LogP contribution in [0, 0.1) is 0 Å². The second kappa shape index (κ2) is 6.04. The van der Waals surface area contributed by atoms with Crippen molar-refractivity contribution in [1.82, 2.24) is 0 Å². The number of hydrogen-bond acceptors (Lipinski definition) is 4. The zero-order chi connectivity index (χ0) is 19.4. The first-order valence-corrected chi connectivity index (χ1v) is 10.5. The average Bonchev–Trinajstić information content (AvgIpc) is 3.15. The topological polar surface area (TPSA) is 60.4 Å². The maximum absolute atomic E-state index is 12.9. The van der Waals surface area contributed by atoms with E-state index in [1.807, 2.05) is 24.3 Å². The molecule has 0 saturated heterocycles. The zero-order valence-electron chi connectivity index (χ0n) is 13.9. The Balaban J connectivity index is 1.93. The summed E-state index contributed by atoms with van der Waals surface area (Å²) in [5, 5.41) is 0. The van der Waals surface area contributed by atoms with Gasteiger partial charge in [-0.15, -0.1) is 0 Å². The lowest BCUT2D eigenvalue weighted by Crippen LogP contribution is -2.33. The van der Waals surface area contributed by atoms with Crippen molar-refractivity contribution in [2.75, 3.05) is 0 Å². The molecule has 9 heteroatoms. The minimum Gasteiger partial charge on any atom is -0.376 e. The molecule has 1 spiro atoms. The molecule has 142 valence electrons. The second-order valence-corrected chi connectivity index (χ2v) is 9.10. The molecule has 0 fully saturated rings. The van der Waals surface area contributed by atoms with Crippen LogP contribution in [0.1, 0.15) is 28.7 Å². The molecule has 0 aliphatic heterocycles. The predicted molar refractivity (Wildman–Crippen MR) is 92.7 cm³/mol. The SMILES string of the molecule is O=PC1Cc2ccccc2C12CCc1cccc(OS(=O)(=O)C(F)(F)F)c12. The van der Waals surface area contributed by atoms with Crippen molar-refractivity contribution in [3.63, 3.8) is 0 Å². The summed E-state index contributed by atoms with van der Waals surface area (Å²) in [6.45, 7) is 0. The van der Waals surface area contributed by atoms with E-state index in [1.54, 1.807) is 6.07 Å². The Labute approximate surface area is 155 Å². The number of aryl methyl sites for hydroxylation is 1. The van der Waals surface area contributed by atoms with Crippen molar-refractivity contribution in [2.45, 2.75) is 35.8 Å². The van der Waals surface area contributed by atoms with Crippen molar-refractivity contribution in [3.05, 3.63) is 64.7 Å². The quantitative estimate of drug-likeness (QED) is 0.425. The van der Waals surface area contributed by atoms with Gasteiger partial charge in [-0.3, -0.25) is 4.57 Å². The van der Waals surface area contributed by atoms with Crippen molar-refractivity contribution >= 4 is 18.6 Å². The molecule has 0 aromatic heterocycles. The maximum atomic E-state index is 12.9. The molecule has 0 heterocycles. The largest absolute Gasteiger partial charge is 0.534 e. The van der Waals surface area contributed by atoms with Crippen LogP contribution >= 0.6 is 8.46 Å². The molecular weight excluding hydrogens is 400 g/mol. The van der Waals surface area contributed by atoms with Crippen LogP contribution in [0.3, 0.4) is 0 Å². The van der Waals surface area contributed by atoms with Crippen LogP contribution in [0.25, 0.3) is 0 Å². The second-order valence-electron chi connectivity index (χ2n) is 6.73. The summed E-state index contributed by atoms with van der Waals surface area (Å²) >= 11 is 0. The van der Waals surface area contributed by atoms with Gasteiger partial charge in [0.25, 0.3) is 0 Å². The summed E-state index contributed by atoms with van der Waals surface area (Å²) in [5.74, 6) is -0.340. The molecule has 0 amide bonds. The molecule has 2 aliphatic rings. The predicted octanol–water partition coefficient (Wildman–Crippen LogP) is 4.36. The minimum absolute atomic E-state index is 0.138. The molecule has 4 rings (SSSR count). The Morgan fingerprint density at radius 2 is 1.78 bits per heavy atom. The Hall–Kier alpha value is -1.92. The molecule has 2 unspecified atom stereocenters. The summed E-state index contributed by atoms with van der Waals surface area (Å²) in [7, 11) is -5.94. The first kappa shape index (κ1) is 18.4. The molecule has 2 aliphatic carbocycles. The number of fused-ring (bicyclic) bond motifs is 4. The van der Waals surface area contributed by atoms with E-state index in [2.05, 4.69) is 4.18 Å². The van der Waals surface area contributed by atoms with E-state index in [9.17, 15) is 26.2 Å². The van der Waals surface area contributed by atoms with Gasteiger partial charge in [0.2, 0.25) is 0 Å². The third-order valence-corrected chi connectivity index (χ3v) is 7.28. The van der Waals surface area contributed by atoms with E-state index in [0.717, 1.165) is 16.7 Å². The van der Waals surface area contributed by atoms with Crippen molar-refractivity contribution in [2.24, 2.45) is 0 Å². The van der Waals surface area contributed by atoms with E-state index in [4.69, 9.17) is 0 Å². The monoisotopic (exact) mass is 414 g/mol. The number of alkyl halides is 3. The smallest absolute Gasteiger partial charge is 0.376 e. The number of rotatable bonds is 3. The van der Waals surface area contributed by atoms with E-state index >= 15 is 0 Å². The summed E-state index contributed by atoms with van der Waals surface area (Å²) < 4.78 is 78.3. The highest BCUT2D eigenvalue weighted by molar-refractivity contribution is 7.88. The van der Waals surface area contributed by atoms with Gasteiger partial charge in [0.15, 0.2) is 8.46 Å². The van der Waals surface area contributed by atoms with Gasteiger partial charge in [0, 0.05) is 11.0 Å². The highest BCUT2D eigenvalue weighted by Crippen LogP contribution is 2.58. The molecule has 0 bridgehead atoms. The Kier molecular flexibility index (Phi) is 4.13. The lowest BCUT2D eigenvalue weighted by Gasteiger charge is -2.31. The molecule has 0 saturated carbocycles. The van der Waals surface area contributed by atoms with E-state index in [-0.39, 0.29) is 14.2 Å². The lowest BCUT2D eigenvalue weighted by atomic mass is 9.76. The standard InChI is InChI=1S/C18H14F3O4PS/c19-18(20,21)27(23,24)25-14-7-3-5-11-8-9-17(16(11)14)13-6-2-1-4-12(13)10-15(17)26-22/h1-7,15H,8-10H2. The fourth-order valence-electron chi connectivity index (χ4n) is 4.41. The molecule has 0 N–H and O–H groups in total. The van der Waals surface area contributed by atoms with Crippen LogP contribution < -0.4 is 4.18 Å². The van der Waals surface area contributed by atoms with Crippen LogP contribution in [0.2, 0.25) is 0 Å². The molecule has 27 heavy (non-hydrogen) atoms. The van der Waals surface area contributed by atoms with Crippen LogP contribution in [0.4, 0.5) is 13.2 Å². The zero-order valence-corrected chi connectivity index (χ0v) is 15.6. The van der Waals surface area contributed by atoms with Crippen molar-refractivity contribution < 1.29 is 30.3 Å². The van der Waals surface area contributed by atoms with Gasteiger partial charge in [-0.25, -0.2) is 0 Å². The summed E-state index contributed by atoms with van der Waals surface area (Å²) in [6, 6.07) is 11.9. The highest BCUT2D eigenvalue weighted by Gasteiger charge is 2.55. The normalized spacial score (nSPS) is 24.2. The van der Waals surface area contributed by atoms with Gasteiger partial charge in [0.05, 0.1) is 5.66 Å². The third-order valence-electron chi connectivity index (χ3n) is 5.44. The fraction of sp³-hybridized carbons (Fsp3) is 0.333. The molecule has 2 atom stereocenters. The van der Waals surface area contributed by atoms with Gasteiger partial charge in [0.1, 0.15) is 5.75 Å². The molecule has 0 radical (unpaired) electrons. The number of hydrogen-bond donors (Lipinski definition) is 0. The van der Waals surface area contributed by atoms with Crippen molar-refractivity contribution in [3.8, 4) is 5.75 Å². The maximum Gasteiger partial charge on any atom is 0.534 e. The fourth-order valence-corrected chi connectivity index (χ4v) is 5.73. The molecule has 4 nitrogen and oxygen atoms in total. The summed E-state index contributed by atoms with van der Waals surface area (Å²) in [5.41, 5.74) is -3.79. The lowest BCUT2D eigenvalue weighted by molar-refractivity contribution is -0.0500.